The van der Waals surface area contributed by atoms with Crippen LogP contribution < -0.4 is 10.6 Å². The summed E-state index contributed by atoms with van der Waals surface area (Å²) in [7, 11) is 0. The molecule has 2 aliphatic rings. The summed E-state index contributed by atoms with van der Waals surface area (Å²) in [5, 5.41) is 4.81. The highest BCUT2D eigenvalue weighted by atomic mass is 35.6. The summed E-state index contributed by atoms with van der Waals surface area (Å²) < 4.78 is 41.6. The van der Waals surface area contributed by atoms with Gasteiger partial charge in [-0.15, -0.1) is 0 Å². The SMILES string of the molecule is C=CCOC(=O)[C@H](CO[C@@H]1O[C@H](COC(C)=O)[C@@H](OC(C)=O)[C@H](OC(C)=O)[C@H]1NC(=O)OCC(Cl)(Cl)Cl)NC(=O)OCC1c2ccccc2-c2ccccc21. The molecule has 4 rings (SSSR count). The van der Waals surface area contributed by atoms with Crippen LogP contribution in [0.2, 0.25) is 0 Å². The van der Waals surface area contributed by atoms with E-state index in [4.69, 9.17) is 72.7 Å². The van der Waals surface area contributed by atoms with Crippen LogP contribution in [0.4, 0.5) is 9.59 Å². The fraction of sp³-hybridized carbons (Fsp3) is 0.444. The molecule has 19 heteroatoms. The Morgan fingerprint density at radius 1 is 0.800 bits per heavy atom. The molecular weight excluding hydrogens is 791 g/mol. The van der Waals surface area contributed by atoms with Gasteiger partial charge in [0, 0.05) is 26.7 Å². The van der Waals surface area contributed by atoms with Crippen molar-refractivity contribution in [2.45, 2.75) is 67.2 Å². The summed E-state index contributed by atoms with van der Waals surface area (Å²) in [5.74, 6) is -3.74. The van der Waals surface area contributed by atoms with Crippen molar-refractivity contribution in [3.8, 4) is 11.1 Å². The van der Waals surface area contributed by atoms with E-state index >= 15 is 0 Å². The predicted molar refractivity (Wildman–Crippen MR) is 194 cm³/mol. The zero-order valence-electron chi connectivity index (χ0n) is 29.8. The van der Waals surface area contributed by atoms with Gasteiger partial charge in [0.05, 0.1) is 6.61 Å². The van der Waals surface area contributed by atoms with E-state index in [-0.39, 0.29) is 19.1 Å². The van der Waals surface area contributed by atoms with Crippen molar-refractivity contribution in [1.82, 2.24) is 10.6 Å². The third kappa shape index (κ3) is 12.4. The average Bonchev–Trinajstić information content (AvgIpc) is 3.44. The van der Waals surface area contributed by atoms with Crippen molar-refractivity contribution in [2.24, 2.45) is 0 Å². The van der Waals surface area contributed by atoms with E-state index in [1.165, 1.54) is 6.08 Å². The summed E-state index contributed by atoms with van der Waals surface area (Å²) in [5.41, 5.74) is 3.93. The Bertz CT molecular complexity index is 1690. The maximum Gasteiger partial charge on any atom is 0.407 e. The molecule has 2 amide bonds. The van der Waals surface area contributed by atoms with E-state index < -0.39 is 96.4 Å². The Morgan fingerprint density at radius 2 is 1.40 bits per heavy atom. The van der Waals surface area contributed by atoms with Gasteiger partial charge in [0.2, 0.25) is 3.79 Å². The zero-order chi connectivity index (χ0) is 40.3. The first-order chi connectivity index (χ1) is 26.1. The van der Waals surface area contributed by atoms with Crippen LogP contribution in [0, 0.1) is 0 Å². The Hall–Kier alpha value is -4.61. The minimum atomic E-state index is -2.01. The maximum absolute atomic E-state index is 13.2. The molecule has 1 saturated heterocycles. The molecule has 2 aromatic rings. The molecule has 1 aliphatic carbocycles. The summed E-state index contributed by atoms with van der Waals surface area (Å²) >= 11 is 17.1. The van der Waals surface area contributed by atoms with Crippen LogP contribution in [0.15, 0.2) is 61.2 Å². The minimum absolute atomic E-state index is 0.0807. The van der Waals surface area contributed by atoms with Crippen molar-refractivity contribution in [3.05, 3.63) is 72.3 Å². The lowest BCUT2D eigenvalue weighted by Crippen LogP contribution is -2.67. The van der Waals surface area contributed by atoms with Crippen molar-refractivity contribution in [2.75, 3.05) is 33.0 Å². The first kappa shape index (κ1) is 43.1. The molecule has 0 radical (unpaired) electrons. The van der Waals surface area contributed by atoms with E-state index in [2.05, 4.69) is 17.2 Å². The number of nitrogens with one attached hydrogen (secondary N) is 2. The number of amides is 2. The molecular formula is C36H39Cl3N2O14. The van der Waals surface area contributed by atoms with E-state index in [0.717, 1.165) is 43.0 Å². The number of fused-ring (bicyclic) bond motifs is 3. The fourth-order valence-electron chi connectivity index (χ4n) is 5.91. The normalized spacial score (nSPS) is 20.7. The molecule has 55 heavy (non-hydrogen) atoms. The number of carbonyl (C=O) groups excluding carboxylic acids is 6. The van der Waals surface area contributed by atoms with E-state index in [9.17, 15) is 28.8 Å². The molecule has 298 valence electrons. The second-order valence-electron chi connectivity index (χ2n) is 12.1. The van der Waals surface area contributed by atoms with E-state index in [1.54, 1.807) is 0 Å². The van der Waals surface area contributed by atoms with Crippen LogP contribution in [0.1, 0.15) is 37.8 Å². The molecule has 0 saturated carbocycles. The first-order valence-electron chi connectivity index (χ1n) is 16.7. The molecule has 0 bridgehead atoms. The van der Waals surface area contributed by atoms with Gasteiger partial charge < -0.3 is 48.5 Å². The van der Waals surface area contributed by atoms with Crippen molar-refractivity contribution < 1.29 is 66.7 Å². The molecule has 0 unspecified atom stereocenters. The molecule has 1 aliphatic heterocycles. The van der Waals surface area contributed by atoms with Gasteiger partial charge >= 0.3 is 36.1 Å². The van der Waals surface area contributed by atoms with Crippen LogP contribution in [0.5, 0.6) is 0 Å². The number of rotatable bonds is 15. The van der Waals surface area contributed by atoms with Gasteiger partial charge in [-0.1, -0.05) is 96.0 Å². The lowest BCUT2D eigenvalue weighted by Gasteiger charge is -2.45. The highest BCUT2D eigenvalue weighted by Crippen LogP contribution is 2.44. The number of alkyl halides is 3. The molecule has 1 heterocycles. The topological polar surface area (TPSA) is 200 Å². The Balaban J connectivity index is 1.58. The number of benzene rings is 2. The molecule has 0 aromatic heterocycles. The summed E-state index contributed by atoms with van der Waals surface area (Å²) in [4.78, 5) is 75.6. The van der Waals surface area contributed by atoms with E-state index in [0.29, 0.717) is 0 Å². The smallest absolute Gasteiger partial charge is 0.407 e. The first-order valence-corrected chi connectivity index (χ1v) is 17.8. The maximum atomic E-state index is 13.2. The summed E-state index contributed by atoms with van der Waals surface area (Å²) in [6.45, 7) is 4.46. The van der Waals surface area contributed by atoms with Gasteiger partial charge in [-0.2, -0.15) is 0 Å². The number of esters is 4. The number of hydrogen-bond donors (Lipinski definition) is 2. The van der Waals surface area contributed by atoms with E-state index in [1.807, 2.05) is 48.5 Å². The largest absolute Gasteiger partial charge is 0.463 e. The zero-order valence-corrected chi connectivity index (χ0v) is 32.1. The fourth-order valence-corrected chi connectivity index (χ4v) is 6.07. The summed E-state index contributed by atoms with van der Waals surface area (Å²) in [6, 6.07) is 12.3. The van der Waals surface area contributed by atoms with Gasteiger partial charge in [0.25, 0.3) is 0 Å². The number of halogens is 3. The lowest BCUT2D eigenvalue weighted by atomic mass is 9.96. The van der Waals surface area contributed by atoms with Crippen LogP contribution in [-0.2, 0) is 57.1 Å². The van der Waals surface area contributed by atoms with Gasteiger partial charge in [-0.25, -0.2) is 14.4 Å². The van der Waals surface area contributed by atoms with Crippen molar-refractivity contribution in [3.63, 3.8) is 0 Å². The monoisotopic (exact) mass is 828 g/mol. The third-order valence-electron chi connectivity index (χ3n) is 8.04. The van der Waals surface area contributed by atoms with Crippen LogP contribution >= 0.6 is 34.8 Å². The number of alkyl carbamates (subject to hydrolysis) is 2. The van der Waals surface area contributed by atoms with Crippen molar-refractivity contribution in [1.29, 1.82) is 0 Å². The van der Waals surface area contributed by atoms with Crippen LogP contribution in [0.25, 0.3) is 11.1 Å². The predicted octanol–water partition coefficient (Wildman–Crippen LogP) is 4.26. The van der Waals surface area contributed by atoms with Gasteiger partial charge in [0.1, 0.15) is 38.6 Å². The van der Waals surface area contributed by atoms with Gasteiger partial charge in [-0.05, 0) is 22.3 Å². The second kappa shape index (κ2) is 19.8. The minimum Gasteiger partial charge on any atom is -0.463 e. The number of ether oxygens (including phenoxy) is 8. The number of carbonyl (C=O) groups is 6. The lowest BCUT2D eigenvalue weighted by molar-refractivity contribution is -0.278. The molecule has 2 N–H and O–H groups in total. The quantitative estimate of drug-likeness (QED) is 0.112. The van der Waals surface area contributed by atoms with Gasteiger partial charge in [0.15, 0.2) is 24.5 Å². The van der Waals surface area contributed by atoms with Gasteiger partial charge in [-0.3, -0.25) is 14.4 Å². The Morgan fingerprint density at radius 3 is 1.96 bits per heavy atom. The average molecular weight is 830 g/mol. The highest BCUT2D eigenvalue weighted by Gasteiger charge is 2.52. The summed E-state index contributed by atoms with van der Waals surface area (Å²) in [6.07, 6.45) is -7.04. The molecule has 1 fully saturated rings. The Kier molecular flexibility index (Phi) is 15.5. The standard InChI is InChI=1S/C36H39Cl3N2O14/c1-5-14-48-32(45)27(40-34(46)51-15-26-24-12-8-6-10-22(24)23-11-7-9-13-25(23)26)16-50-33-29(41-35(47)52-18-36(37,38)39)31(54-21(4)44)30(53-20(3)43)28(55-33)17-49-19(2)42/h5-13,26-31,33H,1,14-18H2,2-4H3,(H,40,46)(H,41,47)/t27-,28+,29+,30+,31+,33+/m0/s1. The third-order valence-corrected chi connectivity index (χ3v) is 8.37. The highest BCUT2D eigenvalue weighted by molar-refractivity contribution is 6.67. The Labute approximate surface area is 330 Å². The number of hydrogen-bond acceptors (Lipinski definition) is 14. The molecule has 0 spiro atoms. The molecule has 6 atom stereocenters. The second-order valence-corrected chi connectivity index (χ2v) is 14.6. The molecule has 16 nitrogen and oxygen atoms in total. The van der Waals surface area contributed by atoms with Crippen LogP contribution in [-0.4, -0.2) is 110 Å². The van der Waals surface area contributed by atoms with Crippen LogP contribution in [0.3, 0.4) is 0 Å². The van der Waals surface area contributed by atoms with Crippen molar-refractivity contribution >= 4 is 70.9 Å². The molecule has 2 aromatic carbocycles.